The third kappa shape index (κ3) is 3.74. The molecule has 0 aliphatic carbocycles. The van der Waals surface area contributed by atoms with Gasteiger partial charge in [0.05, 0.1) is 11.4 Å². The molecule has 3 rings (SSSR count). The van der Waals surface area contributed by atoms with Gasteiger partial charge >= 0.3 is 0 Å². The molecular formula is C18H23ClN4O3S. The zero-order chi connectivity index (χ0) is 19.8. The number of hydrogen-bond donors (Lipinski definition) is 0. The minimum Gasteiger partial charge on any atom is -0.336 e. The number of halogens is 1. The number of piperazine rings is 1. The van der Waals surface area contributed by atoms with E-state index in [1.54, 1.807) is 47.7 Å². The number of carbonyl (C=O) groups excluding carboxylic acids is 1. The van der Waals surface area contributed by atoms with Gasteiger partial charge in [-0.3, -0.25) is 9.48 Å². The smallest absolute Gasteiger partial charge is 0.253 e. The minimum absolute atomic E-state index is 0.116. The number of carbonyl (C=O) groups is 1. The van der Waals surface area contributed by atoms with Gasteiger partial charge < -0.3 is 4.90 Å². The summed E-state index contributed by atoms with van der Waals surface area (Å²) in [5.41, 5.74) is 1.70. The zero-order valence-corrected chi connectivity index (χ0v) is 17.2. The predicted molar refractivity (Wildman–Crippen MR) is 103 cm³/mol. The number of aryl methyl sites for hydroxylation is 2. The number of rotatable bonds is 4. The lowest BCUT2D eigenvalue weighted by molar-refractivity contribution is 0.0698. The van der Waals surface area contributed by atoms with Crippen molar-refractivity contribution in [3.63, 3.8) is 0 Å². The molecule has 2 aromatic rings. The van der Waals surface area contributed by atoms with Gasteiger partial charge in [-0.05, 0) is 45.0 Å². The lowest BCUT2D eigenvalue weighted by atomic mass is 10.2. The van der Waals surface area contributed by atoms with Crippen LogP contribution >= 0.6 is 11.6 Å². The highest BCUT2D eigenvalue weighted by Gasteiger charge is 2.34. The van der Waals surface area contributed by atoms with Gasteiger partial charge in [-0.25, -0.2) is 8.42 Å². The fourth-order valence-electron chi connectivity index (χ4n) is 3.40. The second kappa shape index (κ2) is 7.61. The second-order valence-corrected chi connectivity index (χ2v) is 8.83. The van der Waals surface area contributed by atoms with E-state index in [1.807, 2.05) is 6.92 Å². The molecule has 1 aliphatic heterocycles. The summed E-state index contributed by atoms with van der Waals surface area (Å²) >= 11 is 5.86. The van der Waals surface area contributed by atoms with Crippen LogP contribution in [0.3, 0.4) is 0 Å². The Morgan fingerprint density at radius 3 is 2.22 bits per heavy atom. The average molecular weight is 411 g/mol. The van der Waals surface area contributed by atoms with Crippen molar-refractivity contribution < 1.29 is 13.2 Å². The van der Waals surface area contributed by atoms with Crippen molar-refractivity contribution in [2.45, 2.75) is 32.2 Å². The van der Waals surface area contributed by atoms with Gasteiger partial charge in [-0.2, -0.15) is 9.40 Å². The van der Waals surface area contributed by atoms with Crippen molar-refractivity contribution in [1.82, 2.24) is 19.0 Å². The SMILES string of the molecule is CCn1nc(C)c(S(=O)(=O)N2CCN(C(=O)c3ccc(Cl)cc3)CC2)c1C. The summed E-state index contributed by atoms with van der Waals surface area (Å²) in [5, 5.41) is 4.89. The molecule has 0 atom stereocenters. The van der Waals surface area contributed by atoms with Crippen molar-refractivity contribution in [2.24, 2.45) is 0 Å². The summed E-state index contributed by atoms with van der Waals surface area (Å²) in [5.74, 6) is -0.116. The largest absolute Gasteiger partial charge is 0.336 e. The van der Waals surface area contributed by atoms with Crippen molar-refractivity contribution in [3.05, 3.63) is 46.2 Å². The molecule has 146 valence electrons. The molecular weight excluding hydrogens is 388 g/mol. The Hall–Kier alpha value is -1.90. The standard InChI is InChI=1S/C18H23ClN4O3S/c1-4-23-14(3)17(13(2)20-23)27(25,26)22-11-9-21(10-12-22)18(24)15-5-7-16(19)8-6-15/h5-8H,4,9-12H2,1-3H3. The fraction of sp³-hybridized carbons (Fsp3) is 0.444. The maximum Gasteiger partial charge on any atom is 0.253 e. The van der Waals surface area contributed by atoms with E-state index >= 15 is 0 Å². The highest BCUT2D eigenvalue weighted by Crippen LogP contribution is 2.25. The number of sulfonamides is 1. The van der Waals surface area contributed by atoms with E-state index in [2.05, 4.69) is 5.10 Å². The van der Waals surface area contributed by atoms with Gasteiger partial charge in [0, 0.05) is 43.3 Å². The topological polar surface area (TPSA) is 75.5 Å². The van der Waals surface area contributed by atoms with Gasteiger partial charge in [-0.15, -0.1) is 0 Å². The van der Waals surface area contributed by atoms with Crippen molar-refractivity contribution in [1.29, 1.82) is 0 Å². The molecule has 9 heteroatoms. The molecule has 0 saturated carbocycles. The first-order chi connectivity index (χ1) is 12.8. The van der Waals surface area contributed by atoms with Crippen LogP contribution in [0.1, 0.15) is 28.7 Å². The first-order valence-electron chi connectivity index (χ1n) is 8.84. The Balaban J connectivity index is 1.74. The highest BCUT2D eigenvalue weighted by atomic mass is 35.5. The van der Waals surface area contributed by atoms with Gasteiger partial charge in [0.1, 0.15) is 4.90 Å². The second-order valence-electron chi connectivity index (χ2n) is 6.52. The van der Waals surface area contributed by atoms with Crippen LogP contribution in [0.25, 0.3) is 0 Å². The Morgan fingerprint density at radius 2 is 1.70 bits per heavy atom. The molecule has 1 fully saturated rings. The molecule has 27 heavy (non-hydrogen) atoms. The quantitative estimate of drug-likeness (QED) is 0.775. The predicted octanol–water partition coefficient (Wildman–Crippen LogP) is 2.32. The normalized spacial score (nSPS) is 15.9. The molecule has 0 bridgehead atoms. The molecule has 0 N–H and O–H groups in total. The summed E-state index contributed by atoms with van der Waals surface area (Å²) in [6.45, 7) is 7.25. The fourth-order valence-corrected chi connectivity index (χ4v) is 5.32. The molecule has 1 saturated heterocycles. The van der Waals surface area contributed by atoms with Crippen LogP contribution in [0.2, 0.25) is 5.02 Å². The number of aromatic nitrogens is 2. The van der Waals surface area contributed by atoms with E-state index in [0.717, 1.165) is 0 Å². The van der Waals surface area contributed by atoms with E-state index < -0.39 is 10.0 Å². The molecule has 0 radical (unpaired) electrons. The summed E-state index contributed by atoms with van der Waals surface area (Å²) < 4.78 is 29.3. The maximum absolute atomic E-state index is 13.1. The number of benzene rings is 1. The number of hydrogen-bond acceptors (Lipinski definition) is 4. The summed E-state index contributed by atoms with van der Waals surface area (Å²) in [4.78, 5) is 14.5. The maximum atomic E-state index is 13.1. The molecule has 1 aromatic carbocycles. The Bertz CT molecular complexity index is 946. The Kier molecular flexibility index (Phi) is 5.60. The van der Waals surface area contributed by atoms with E-state index in [9.17, 15) is 13.2 Å². The van der Waals surface area contributed by atoms with Crippen LogP contribution in [0.5, 0.6) is 0 Å². The lowest BCUT2D eigenvalue weighted by Crippen LogP contribution is -2.50. The third-order valence-corrected chi connectivity index (χ3v) is 7.23. The minimum atomic E-state index is -3.64. The van der Waals surface area contributed by atoms with Gasteiger partial charge in [0.15, 0.2) is 0 Å². The van der Waals surface area contributed by atoms with Crippen LogP contribution in [0.15, 0.2) is 29.2 Å². The number of amides is 1. The molecule has 0 spiro atoms. The first-order valence-corrected chi connectivity index (χ1v) is 10.7. The molecule has 1 aromatic heterocycles. The van der Waals surface area contributed by atoms with E-state index in [0.29, 0.717) is 41.6 Å². The Labute approximate surface area is 164 Å². The zero-order valence-electron chi connectivity index (χ0n) is 15.6. The van der Waals surface area contributed by atoms with E-state index in [1.165, 1.54) is 4.31 Å². The highest BCUT2D eigenvalue weighted by molar-refractivity contribution is 7.89. The van der Waals surface area contributed by atoms with Gasteiger partial charge in [-0.1, -0.05) is 11.6 Å². The average Bonchev–Trinajstić information content (AvgIpc) is 2.96. The van der Waals surface area contributed by atoms with Crippen molar-refractivity contribution in [3.8, 4) is 0 Å². The summed E-state index contributed by atoms with van der Waals surface area (Å²) in [6.07, 6.45) is 0. The van der Waals surface area contributed by atoms with E-state index in [4.69, 9.17) is 11.6 Å². The van der Waals surface area contributed by atoms with Gasteiger partial charge in [0.2, 0.25) is 10.0 Å². The summed E-state index contributed by atoms with van der Waals surface area (Å²) in [6, 6.07) is 6.71. The van der Waals surface area contributed by atoms with Crippen molar-refractivity contribution in [2.75, 3.05) is 26.2 Å². The Morgan fingerprint density at radius 1 is 1.11 bits per heavy atom. The lowest BCUT2D eigenvalue weighted by Gasteiger charge is -2.34. The number of nitrogens with zero attached hydrogens (tertiary/aromatic N) is 4. The van der Waals surface area contributed by atoms with Crippen LogP contribution in [-0.2, 0) is 16.6 Å². The van der Waals surface area contributed by atoms with Crippen LogP contribution in [-0.4, -0.2) is 59.5 Å². The van der Waals surface area contributed by atoms with Crippen LogP contribution in [0, 0.1) is 13.8 Å². The molecule has 2 heterocycles. The molecule has 0 unspecified atom stereocenters. The molecule has 1 amide bonds. The van der Waals surface area contributed by atoms with Gasteiger partial charge in [0.25, 0.3) is 5.91 Å². The first kappa shape index (κ1) is 19.9. The third-order valence-electron chi connectivity index (χ3n) is 4.83. The monoisotopic (exact) mass is 410 g/mol. The summed E-state index contributed by atoms with van der Waals surface area (Å²) in [7, 11) is -3.64. The molecule has 7 nitrogen and oxygen atoms in total. The van der Waals surface area contributed by atoms with Crippen LogP contribution in [0.4, 0.5) is 0 Å². The van der Waals surface area contributed by atoms with Crippen LogP contribution < -0.4 is 0 Å². The van der Waals surface area contributed by atoms with Crippen molar-refractivity contribution >= 4 is 27.5 Å². The van der Waals surface area contributed by atoms with E-state index in [-0.39, 0.29) is 23.9 Å². The molecule has 1 aliphatic rings.